The fourth-order valence-corrected chi connectivity index (χ4v) is 2.45. The van der Waals surface area contributed by atoms with Crippen molar-refractivity contribution in [3.05, 3.63) is 41.5 Å². The van der Waals surface area contributed by atoms with Gasteiger partial charge in [-0.25, -0.2) is 9.37 Å². The van der Waals surface area contributed by atoms with E-state index in [9.17, 15) is 9.50 Å². The number of hydrogen-bond donors (Lipinski definition) is 2. The van der Waals surface area contributed by atoms with E-state index in [1.165, 1.54) is 17.8 Å². The Labute approximate surface area is 115 Å². The van der Waals surface area contributed by atoms with Gasteiger partial charge in [-0.05, 0) is 12.5 Å². The predicted molar refractivity (Wildman–Crippen MR) is 72.5 cm³/mol. The van der Waals surface area contributed by atoms with Crippen LogP contribution in [-0.2, 0) is 6.42 Å². The van der Waals surface area contributed by atoms with Gasteiger partial charge in [0.05, 0.1) is 6.10 Å². The summed E-state index contributed by atoms with van der Waals surface area (Å²) in [5, 5.41) is 17.4. The maximum Gasteiger partial charge on any atom is 0.208 e. The molecule has 1 heterocycles. The second-order valence-corrected chi connectivity index (χ2v) is 5.15. The van der Waals surface area contributed by atoms with Crippen LogP contribution in [0.1, 0.15) is 30.8 Å². The van der Waals surface area contributed by atoms with Gasteiger partial charge in [0.1, 0.15) is 11.6 Å². The van der Waals surface area contributed by atoms with Gasteiger partial charge in [0, 0.05) is 17.7 Å². The predicted octanol–water partition coefficient (Wildman–Crippen LogP) is 2.72. The van der Waals surface area contributed by atoms with Crippen LogP contribution in [0.5, 0.6) is 0 Å². The van der Waals surface area contributed by atoms with Gasteiger partial charge in [0.2, 0.25) is 5.16 Å². The number of aromatic amines is 1. The van der Waals surface area contributed by atoms with Crippen molar-refractivity contribution in [2.45, 2.75) is 31.0 Å². The average molecular weight is 281 g/mol. The lowest BCUT2D eigenvalue weighted by molar-refractivity contribution is 0.199. The SMILES string of the molecule is CCCc1nc(SC[C@H](O)c2ccccc2F)n[nH]1. The van der Waals surface area contributed by atoms with Crippen LogP contribution < -0.4 is 0 Å². The Bertz CT molecular complexity index is 532. The molecule has 0 bridgehead atoms. The zero-order chi connectivity index (χ0) is 13.7. The van der Waals surface area contributed by atoms with Gasteiger partial charge in [-0.3, -0.25) is 5.10 Å². The molecule has 0 aliphatic rings. The minimum Gasteiger partial charge on any atom is -0.387 e. The van der Waals surface area contributed by atoms with Crippen molar-refractivity contribution < 1.29 is 9.50 Å². The van der Waals surface area contributed by atoms with Crippen LogP contribution in [0.3, 0.4) is 0 Å². The highest BCUT2D eigenvalue weighted by Gasteiger charge is 2.14. The number of aliphatic hydroxyl groups is 1. The summed E-state index contributed by atoms with van der Waals surface area (Å²) in [6.45, 7) is 2.07. The van der Waals surface area contributed by atoms with E-state index in [1.54, 1.807) is 18.2 Å². The first-order valence-electron chi connectivity index (χ1n) is 6.17. The lowest BCUT2D eigenvalue weighted by Crippen LogP contribution is -2.03. The summed E-state index contributed by atoms with van der Waals surface area (Å²) < 4.78 is 13.5. The maximum atomic E-state index is 13.5. The number of benzene rings is 1. The van der Waals surface area contributed by atoms with Gasteiger partial charge < -0.3 is 5.11 Å². The Morgan fingerprint density at radius 1 is 1.42 bits per heavy atom. The number of nitrogens with one attached hydrogen (secondary N) is 1. The van der Waals surface area contributed by atoms with Crippen LogP contribution in [0.4, 0.5) is 4.39 Å². The molecule has 0 saturated heterocycles. The summed E-state index contributed by atoms with van der Waals surface area (Å²) in [5.41, 5.74) is 0.305. The Kier molecular flexibility index (Phi) is 4.93. The second kappa shape index (κ2) is 6.68. The first kappa shape index (κ1) is 14.0. The standard InChI is InChI=1S/C13H16FN3OS/c1-2-5-12-15-13(17-16-12)19-8-11(18)9-6-3-4-7-10(9)14/h3-4,6-7,11,18H,2,5,8H2,1H3,(H,15,16,17)/t11-/m0/s1. The summed E-state index contributed by atoms with van der Waals surface area (Å²) in [5.74, 6) is 0.771. The Hall–Kier alpha value is -1.40. The Balaban J connectivity index is 1.92. The quantitative estimate of drug-likeness (QED) is 0.799. The fourth-order valence-electron chi connectivity index (χ4n) is 1.68. The molecule has 0 aliphatic carbocycles. The third kappa shape index (κ3) is 3.78. The molecule has 0 saturated carbocycles. The Morgan fingerprint density at radius 2 is 2.21 bits per heavy atom. The monoisotopic (exact) mass is 281 g/mol. The zero-order valence-corrected chi connectivity index (χ0v) is 11.5. The zero-order valence-electron chi connectivity index (χ0n) is 10.6. The smallest absolute Gasteiger partial charge is 0.208 e. The largest absolute Gasteiger partial charge is 0.387 e. The topological polar surface area (TPSA) is 61.8 Å². The van der Waals surface area contributed by atoms with Crippen molar-refractivity contribution in [1.82, 2.24) is 15.2 Å². The molecule has 0 aliphatic heterocycles. The van der Waals surface area contributed by atoms with Crippen LogP contribution in [0.25, 0.3) is 0 Å². The molecule has 4 nitrogen and oxygen atoms in total. The van der Waals surface area contributed by atoms with Crippen molar-refractivity contribution in [1.29, 1.82) is 0 Å². The molecule has 1 aromatic carbocycles. The molecule has 0 spiro atoms. The highest BCUT2D eigenvalue weighted by molar-refractivity contribution is 7.99. The molecule has 2 rings (SSSR count). The maximum absolute atomic E-state index is 13.5. The van der Waals surface area contributed by atoms with Gasteiger partial charge >= 0.3 is 0 Å². The third-order valence-corrected chi connectivity index (χ3v) is 3.56. The normalized spacial score (nSPS) is 12.6. The van der Waals surface area contributed by atoms with Crippen LogP contribution >= 0.6 is 11.8 Å². The molecular formula is C13H16FN3OS. The first-order chi connectivity index (χ1) is 9.20. The van der Waals surface area contributed by atoms with E-state index in [2.05, 4.69) is 22.1 Å². The summed E-state index contributed by atoms with van der Waals surface area (Å²) >= 11 is 1.31. The van der Waals surface area contributed by atoms with Crippen molar-refractivity contribution in [2.75, 3.05) is 5.75 Å². The fraction of sp³-hybridized carbons (Fsp3) is 0.385. The Morgan fingerprint density at radius 3 is 2.95 bits per heavy atom. The number of rotatable bonds is 6. The number of halogens is 1. The highest BCUT2D eigenvalue weighted by atomic mass is 32.2. The molecule has 0 radical (unpaired) electrons. The van der Waals surface area contributed by atoms with E-state index in [0.29, 0.717) is 16.5 Å². The van der Waals surface area contributed by atoms with E-state index in [0.717, 1.165) is 18.7 Å². The van der Waals surface area contributed by atoms with Crippen molar-refractivity contribution in [3.8, 4) is 0 Å². The summed E-state index contributed by atoms with van der Waals surface area (Å²) in [6.07, 6.45) is 0.986. The third-order valence-electron chi connectivity index (χ3n) is 2.63. The van der Waals surface area contributed by atoms with Crippen LogP contribution in [0, 0.1) is 5.82 Å². The summed E-state index contributed by atoms with van der Waals surface area (Å²) in [7, 11) is 0. The van der Waals surface area contributed by atoms with Crippen molar-refractivity contribution in [2.24, 2.45) is 0 Å². The molecule has 6 heteroatoms. The van der Waals surface area contributed by atoms with Gasteiger partial charge in [-0.2, -0.15) is 0 Å². The molecule has 1 atom stereocenters. The molecule has 0 amide bonds. The molecule has 2 aromatic rings. The van der Waals surface area contributed by atoms with Crippen LogP contribution in [0.15, 0.2) is 29.4 Å². The summed E-state index contributed by atoms with van der Waals surface area (Å²) in [4.78, 5) is 4.28. The number of aryl methyl sites for hydroxylation is 1. The molecule has 0 fully saturated rings. The number of nitrogens with zero attached hydrogens (tertiary/aromatic N) is 2. The van der Waals surface area contributed by atoms with E-state index in [1.807, 2.05) is 0 Å². The van der Waals surface area contributed by atoms with Gasteiger partial charge in [0.25, 0.3) is 0 Å². The number of aliphatic hydroxyl groups excluding tert-OH is 1. The number of thioether (sulfide) groups is 1. The van der Waals surface area contributed by atoms with Gasteiger partial charge in [-0.1, -0.05) is 36.9 Å². The summed E-state index contributed by atoms with van der Waals surface area (Å²) in [6, 6.07) is 6.24. The van der Waals surface area contributed by atoms with E-state index in [-0.39, 0.29) is 0 Å². The highest BCUT2D eigenvalue weighted by Crippen LogP contribution is 2.23. The minimum absolute atomic E-state index is 0.305. The second-order valence-electron chi connectivity index (χ2n) is 4.16. The van der Waals surface area contributed by atoms with Crippen molar-refractivity contribution >= 4 is 11.8 Å². The molecule has 1 aromatic heterocycles. The van der Waals surface area contributed by atoms with E-state index >= 15 is 0 Å². The first-order valence-corrected chi connectivity index (χ1v) is 7.15. The van der Waals surface area contributed by atoms with Gasteiger partial charge in [-0.15, -0.1) is 5.10 Å². The lowest BCUT2D eigenvalue weighted by atomic mass is 10.1. The van der Waals surface area contributed by atoms with E-state index < -0.39 is 11.9 Å². The van der Waals surface area contributed by atoms with Crippen LogP contribution in [0.2, 0.25) is 0 Å². The molecule has 0 unspecified atom stereocenters. The number of aromatic nitrogens is 3. The molecule has 102 valence electrons. The van der Waals surface area contributed by atoms with Gasteiger partial charge in [0.15, 0.2) is 0 Å². The minimum atomic E-state index is -0.862. The van der Waals surface area contributed by atoms with E-state index in [4.69, 9.17) is 0 Å². The molecule has 19 heavy (non-hydrogen) atoms. The molecule has 2 N–H and O–H groups in total. The molecular weight excluding hydrogens is 265 g/mol. The number of hydrogen-bond acceptors (Lipinski definition) is 4. The lowest BCUT2D eigenvalue weighted by Gasteiger charge is -2.09. The average Bonchev–Trinajstić information content (AvgIpc) is 2.85. The van der Waals surface area contributed by atoms with Crippen molar-refractivity contribution in [3.63, 3.8) is 0 Å². The number of H-pyrrole nitrogens is 1. The van der Waals surface area contributed by atoms with Crippen LogP contribution in [-0.4, -0.2) is 26.0 Å².